The van der Waals surface area contributed by atoms with Gasteiger partial charge in [-0.25, -0.2) is 0 Å². The second kappa shape index (κ2) is 19.1. The molecule has 2 aromatic carbocycles. The number of thioether (sulfide) groups is 1. The van der Waals surface area contributed by atoms with Crippen molar-refractivity contribution in [2.75, 3.05) is 17.4 Å². The number of rotatable bonds is 20. The molecule has 6 heteroatoms. The average molecular weight is 585 g/mol. The van der Waals surface area contributed by atoms with Crippen LogP contribution in [0.25, 0.3) is 0 Å². The summed E-state index contributed by atoms with van der Waals surface area (Å²) in [7, 11) is 0. The van der Waals surface area contributed by atoms with Crippen LogP contribution in [0.1, 0.15) is 108 Å². The number of unbranched alkanes of at least 4 members (excludes halogenated alkanes) is 11. The predicted molar refractivity (Wildman–Crippen MR) is 173 cm³/mol. The number of halogens is 1. The minimum absolute atomic E-state index is 0.0946. The Morgan fingerprint density at radius 2 is 1.60 bits per heavy atom. The van der Waals surface area contributed by atoms with Crippen LogP contribution >= 0.6 is 23.4 Å². The molecule has 0 unspecified atom stereocenters. The number of hydrogen-bond donors (Lipinski definition) is 0. The Labute approximate surface area is 252 Å². The van der Waals surface area contributed by atoms with Crippen molar-refractivity contribution in [2.45, 2.75) is 110 Å². The van der Waals surface area contributed by atoms with Crippen LogP contribution in [0.5, 0.6) is 5.75 Å². The quantitative estimate of drug-likeness (QED) is 0.145. The van der Waals surface area contributed by atoms with E-state index < -0.39 is 0 Å². The number of hydrogen-bond acceptors (Lipinski definition) is 4. The molecule has 1 aliphatic heterocycles. The Morgan fingerprint density at radius 1 is 0.900 bits per heavy atom. The number of ether oxygens (including phenoxy) is 1. The molecule has 0 saturated carbocycles. The van der Waals surface area contributed by atoms with Gasteiger partial charge in [0.2, 0.25) is 5.91 Å². The monoisotopic (exact) mass is 584 g/mol. The SMILES string of the molecule is CCCCCCCCCCCCCCOc1ccc(CN(C(=O)CC)c2cccc(CN3C=CSC3)c2)cc1Cl. The molecule has 0 aliphatic carbocycles. The maximum absolute atomic E-state index is 12.9. The van der Waals surface area contributed by atoms with Crippen LogP contribution in [0.15, 0.2) is 54.1 Å². The molecule has 4 nitrogen and oxygen atoms in total. The zero-order chi connectivity index (χ0) is 28.4. The van der Waals surface area contributed by atoms with Crippen LogP contribution < -0.4 is 9.64 Å². The predicted octanol–water partition coefficient (Wildman–Crippen LogP) is 10.3. The third-order valence-electron chi connectivity index (χ3n) is 7.41. The minimum atomic E-state index is 0.0946. The van der Waals surface area contributed by atoms with Crippen molar-refractivity contribution >= 4 is 35.0 Å². The van der Waals surface area contributed by atoms with Crippen molar-refractivity contribution in [1.29, 1.82) is 0 Å². The van der Waals surface area contributed by atoms with Crippen LogP contribution in [0.4, 0.5) is 5.69 Å². The molecular weight excluding hydrogens is 536 g/mol. The lowest BCUT2D eigenvalue weighted by molar-refractivity contribution is -0.118. The topological polar surface area (TPSA) is 32.8 Å². The van der Waals surface area contributed by atoms with Gasteiger partial charge in [-0.05, 0) is 47.2 Å². The number of anilines is 1. The van der Waals surface area contributed by atoms with E-state index in [4.69, 9.17) is 16.3 Å². The Hall–Kier alpha value is -2.11. The van der Waals surface area contributed by atoms with Crippen LogP contribution in [0.3, 0.4) is 0 Å². The molecule has 0 fully saturated rings. The van der Waals surface area contributed by atoms with Crippen molar-refractivity contribution in [3.63, 3.8) is 0 Å². The van der Waals surface area contributed by atoms with E-state index >= 15 is 0 Å². The van der Waals surface area contributed by atoms with Crippen molar-refractivity contribution < 1.29 is 9.53 Å². The second-order valence-electron chi connectivity index (χ2n) is 10.8. The van der Waals surface area contributed by atoms with Gasteiger partial charge in [0, 0.05) is 24.9 Å². The number of carbonyl (C=O) groups excluding carboxylic acids is 1. The number of amides is 1. The molecular formula is C34H49ClN2O2S. The summed E-state index contributed by atoms with van der Waals surface area (Å²) in [5, 5.41) is 2.72. The molecule has 1 heterocycles. The van der Waals surface area contributed by atoms with E-state index in [0.29, 0.717) is 24.6 Å². The number of benzene rings is 2. The molecule has 2 aromatic rings. The molecule has 0 N–H and O–H groups in total. The van der Waals surface area contributed by atoms with Crippen LogP contribution in [-0.2, 0) is 17.9 Å². The van der Waals surface area contributed by atoms with Gasteiger partial charge < -0.3 is 14.5 Å². The normalized spacial score (nSPS) is 12.7. The zero-order valence-corrected chi connectivity index (χ0v) is 26.3. The first-order chi connectivity index (χ1) is 19.6. The number of carbonyl (C=O) groups is 1. The standard InChI is InChI=1S/C34H49ClN2O2S/c1-3-5-6-7-8-9-10-11-12-13-14-15-22-39-33-20-19-30(25-32(33)35)27-37(34(38)4-2)31-18-16-17-29(24-31)26-36-21-23-40-28-36/h16-21,23-25H,3-15,22,26-28H2,1-2H3. The number of nitrogens with zero attached hydrogens (tertiary/aromatic N) is 2. The Morgan fingerprint density at radius 3 is 2.23 bits per heavy atom. The van der Waals surface area contributed by atoms with Gasteiger partial charge in [0.15, 0.2) is 0 Å². The molecule has 220 valence electrons. The highest BCUT2D eigenvalue weighted by molar-refractivity contribution is 8.02. The molecule has 40 heavy (non-hydrogen) atoms. The van der Waals surface area contributed by atoms with Gasteiger partial charge in [0.05, 0.1) is 24.1 Å². The summed E-state index contributed by atoms with van der Waals surface area (Å²) in [6.45, 7) is 6.19. The summed E-state index contributed by atoms with van der Waals surface area (Å²) in [6, 6.07) is 14.2. The van der Waals surface area contributed by atoms with E-state index in [1.807, 2.05) is 42.2 Å². The molecule has 3 rings (SSSR count). The highest BCUT2D eigenvalue weighted by Crippen LogP contribution is 2.28. The maximum Gasteiger partial charge on any atom is 0.227 e. The largest absolute Gasteiger partial charge is 0.492 e. The van der Waals surface area contributed by atoms with E-state index in [0.717, 1.165) is 35.8 Å². The summed E-state index contributed by atoms with van der Waals surface area (Å²) in [4.78, 5) is 17.0. The van der Waals surface area contributed by atoms with Gasteiger partial charge in [-0.2, -0.15) is 0 Å². The van der Waals surface area contributed by atoms with E-state index in [1.165, 1.54) is 76.2 Å². The van der Waals surface area contributed by atoms with Gasteiger partial charge in [-0.15, -0.1) is 11.8 Å². The molecule has 1 amide bonds. The molecule has 0 bridgehead atoms. The Kier molecular flexibility index (Phi) is 15.5. The highest BCUT2D eigenvalue weighted by atomic mass is 35.5. The van der Waals surface area contributed by atoms with Crippen molar-refractivity contribution in [3.05, 3.63) is 70.2 Å². The lowest BCUT2D eigenvalue weighted by atomic mass is 10.1. The summed E-state index contributed by atoms with van der Waals surface area (Å²) >= 11 is 8.40. The fraction of sp³-hybridized carbons (Fsp3) is 0.559. The lowest BCUT2D eigenvalue weighted by Crippen LogP contribution is -2.29. The molecule has 0 saturated heterocycles. The van der Waals surface area contributed by atoms with Gasteiger partial charge in [-0.1, -0.05) is 114 Å². The lowest BCUT2D eigenvalue weighted by Gasteiger charge is -2.24. The summed E-state index contributed by atoms with van der Waals surface area (Å²) < 4.78 is 6.00. The van der Waals surface area contributed by atoms with E-state index in [9.17, 15) is 4.79 Å². The molecule has 0 radical (unpaired) electrons. The smallest absolute Gasteiger partial charge is 0.227 e. The van der Waals surface area contributed by atoms with E-state index in [2.05, 4.69) is 35.6 Å². The van der Waals surface area contributed by atoms with Gasteiger partial charge in [0.25, 0.3) is 0 Å². The zero-order valence-electron chi connectivity index (χ0n) is 24.7. The van der Waals surface area contributed by atoms with Crippen LogP contribution in [0, 0.1) is 0 Å². The maximum atomic E-state index is 12.9. The van der Waals surface area contributed by atoms with Gasteiger partial charge >= 0.3 is 0 Å². The highest BCUT2D eigenvalue weighted by Gasteiger charge is 2.17. The summed E-state index contributed by atoms with van der Waals surface area (Å²) in [6.07, 6.45) is 18.5. The Balaban J connectivity index is 1.40. The van der Waals surface area contributed by atoms with E-state index in [-0.39, 0.29) is 5.91 Å². The minimum Gasteiger partial charge on any atom is -0.492 e. The van der Waals surface area contributed by atoms with Crippen molar-refractivity contribution in [1.82, 2.24) is 4.90 Å². The molecule has 1 aliphatic rings. The first-order valence-electron chi connectivity index (χ1n) is 15.4. The fourth-order valence-corrected chi connectivity index (χ4v) is 6.02. The second-order valence-corrected chi connectivity index (χ2v) is 12.1. The van der Waals surface area contributed by atoms with Gasteiger partial charge in [-0.3, -0.25) is 4.79 Å². The first kappa shape index (κ1) is 32.4. The molecule has 0 aromatic heterocycles. The summed E-state index contributed by atoms with van der Waals surface area (Å²) in [5.74, 6) is 1.78. The van der Waals surface area contributed by atoms with Crippen LogP contribution in [0.2, 0.25) is 5.02 Å². The average Bonchev–Trinajstić information content (AvgIpc) is 3.48. The molecule has 0 spiro atoms. The van der Waals surface area contributed by atoms with Gasteiger partial charge in [0.1, 0.15) is 5.75 Å². The third-order valence-corrected chi connectivity index (χ3v) is 8.50. The summed E-state index contributed by atoms with van der Waals surface area (Å²) in [5.41, 5.74) is 3.11. The Bertz CT molecular complexity index is 1040. The van der Waals surface area contributed by atoms with Crippen molar-refractivity contribution in [3.8, 4) is 5.75 Å². The fourth-order valence-electron chi connectivity index (χ4n) is 5.05. The van der Waals surface area contributed by atoms with Crippen LogP contribution in [-0.4, -0.2) is 23.3 Å². The first-order valence-corrected chi connectivity index (χ1v) is 16.9. The van der Waals surface area contributed by atoms with Crippen molar-refractivity contribution in [2.24, 2.45) is 0 Å². The molecule has 0 atom stereocenters. The van der Waals surface area contributed by atoms with E-state index in [1.54, 1.807) is 11.8 Å². The third kappa shape index (κ3) is 11.8.